The van der Waals surface area contributed by atoms with Crippen LogP contribution >= 0.6 is 0 Å². The van der Waals surface area contributed by atoms with E-state index in [0.717, 1.165) is 18.9 Å². The fourth-order valence-corrected chi connectivity index (χ4v) is 1.88. The van der Waals surface area contributed by atoms with Crippen molar-refractivity contribution in [2.24, 2.45) is 5.10 Å². The molecule has 0 fully saturated rings. The van der Waals surface area contributed by atoms with Crippen molar-refractivity contribution in [2.75, 3.05) is 5.43 Å². The lowest BCUT2D eigenvalue weighted by molar-refractivity contribution is -0.393. The predicted octanol–water partition coefficient (Wildman–Crippen LogP) is 4.43. The van der Waals surface area contributed by atoms with E-state index in [9.17, 15) is 20.2 Å². The molecule has 0 atom stereocenters. The van der Waals surface area contributed by atoms with Gasteiger partial charge in [0, 0.05) is 12.3 Å². The minimum Gasteiger partial charge on any atom is -0.272 e. The molecule has 8 heteroatoms. The molecule has 0 aliphatic rings. The summed E-state index contributed by atoms with van der Waals surface area (Å²) in [5, 5.41) is 25.4. The van der Waals surface area contributed by atoms with Crippen LogP contribution in [0.4, 0.5) is 17.1 Å². The van der Waals surface area contributed by atoms with Crippen molar-refractivity contribution in [1.82, 2.24) is 0 Å². The average Bonchev–Trinajstić information content (AvgIpc) is 2.53. The highest BCUT2D eigenvalue weighted by molar-refractivity contribution is 5.73. The lowest BCUT2D eigenvalue weighted by atomic mass is 10.1. The molecule has 0 aliphatic heterocycles. The first kappa shape index (κ1) is 18.3. The summed E-state index contributed by atoms with van der Waals surface area (Å²) in [5.74, 6) is 0. The van der Waals surface area contributed by atoms with Crippen molar-refractivity contribution in [3.8, 4) is 0 Å². The van der Waals surface area contributed by atoms with Crippen LogP contribution in [0.15, 0.2) is 35.5 Å². The summed E-state index contributed by atoms with van der Waals surface area (Å²) in [6.45, 7) is 2.16. The maximum absolute atomic E-state index is 10.9. The number of hydrogen-bond acceptors (Lipinski definition) is 6. The minimum absolute atomic E-state index is 0.105. The van der Waals surface area contributed by atoms with Crippen LogP contribution in [0.5, 0.6) is 0 Å². The van der Waals surface area contributed by atoms with E-state index in [0.29, 0.717) is 0 Å². The van der Waals surface area contributed by atoms with Crippen LogP contribution in [0.25, 0.3) is 0 Å². The molecule has 0 bridgehead atoms. The molecule has 0 spiro atoms. The van der Waals surface area contributed by atoms with E-state index < -0.39 is 9.85 Å². The van der Waals surface area contributed by atoms with Crippen molar-refractivity contribution >= 4 is 23.3 Å². The highest BCUT2D eigenvalue weighted by atomic mass is 16.6. The van der Waals surface area contributed by atoms with Crippen LogP contribution in [-0.2, 0) is 0 Å². The second-order valence-corrected chi connectivity index (χ2v) is 4.88. The van der Waals surface area contributed by atoms with Gasteiger partial charge in [-0.2, -0.15) is 5.10 Å². The molecule has 0 saturated carbocycles. The molecule has 1 rings (SSSR count). The average molecular weight is 320 g/mol. The third kappa shape index (κ3) is 6.68. The Kier molecular flexibility index (Phi) is 7.98. The quantitative estimate of drug-likeness (QED) is 0.297. The van der Waals surface area contributed by atoms with E-state index in [1.165, 1.54) is 37.6 Å². The fourth-order valence-electron chi connectivity index (χ4n) is 1.88. The molecule has 0 saturated heterocycles. The van der Waals surface area contributed by atoms with Gasteiger partial charge in [0.25, 0.3) is 5.69 Å². The topological polar surface area (TPSA) is 111 Å². The van der Waals surface area contributed by atoms with E-state index in [4.69, 9.17) is 0 Å². The molecular formula is C15H20N4O4. The van der Waals surface area contributed by atoms with Crippen molar-refractivity contribution in [3.63, 3.8) is 0 Å². The Labute approximate surface area is 134 Å². The van der Waals surface area contributed by atoms with Crippen molar-refractivity contribution < 1.29 is 9.85 Å². The van der Waals surface area contributed by atoms with Gasteiger partial charge in [-0.15, -0.1) is 0 Å². The second kappa shape index (κ2) is 10.0. The number of hydrazone groups is 1. The number of rotatable bonds is 10. The van der Waals surface area contributed by atoms with Crippen LogP contribution in [0, 0.1) is 20.2 Å². The summed E-state index contributed by atoms with van der Waals surface area (Å²) >= 11 is 0. The number of nitrogens with one attached hydrogen (secondary N) is 1. The van der Waals surface area contributed by atoms with Gasteiger partial charge in [-0.1, -0.05) is 32.3 Å². The Balaban J connectivity index is 2.57. The molecule has 0 aromatic heterocycles. The number of nitrogens with zero attached hydrogens (tertiary/aromatic N) is 3. The van der Waals surface area contributed by atoms with Gasteiger partial charge in [-0.05, 0) is 25.0 Å². The predicted molar refractivity (Wildman–Crippen MR) is 89.8 cm³/mol. The first-order valence-electron chi connectivity index (χ1n) is 7.43. The van der Waals surface area contributed by atoms with E-state index in [2.05, 4.69) is 17.5 Å². The number of benzene rings is 1. The largest absolute Gasteiger partial charge is 0.301 e. The number of non-ortho nitro benzene ring substituents is 1. The van der Waals surface area contributed by atoms with E-state index in [-0.39, 0.29) is 17.1 Å². The Morgan fingerprint density at radius 3 is 2.61 bits per heavy atom. The second-order valence-electron chi connectivity index (χ2n) is 4.88. The number of hydrogen-bond donors (Lipinski definition) is 1. The summed E-state index contributed by atoms with van der Waals surface area (Å²) < 4.78 is 0. The molecule has 124 valence electrons. The van der Waals surface area contributed by atoms with Crippen LogP contribution in [0.2, 0.25) is 0 Å². The van der Waals surface area contributed by atoms with Gasteiger partial charge < -0.3 is 0 Å². The number of unbranched alkanes of at least 4 members (excludes halogenated alkanes) is 4. The van der Waals surface area contributed by atoms with Crippen molar-refractivity contribution in [3.05, 3.63) is 50.6 Å². The van der Waals surface area contributed by atoms with E-state index in [1.54, 1.807) is 6.08 Å². The number of nitro benzene ring substituents is 2. The molecule has 0 radical (unpaired) electrons. The van der Waals surface area contributed by atoms with E-state index >= 15 is 0 Å². The SMILES string of the molecule is CCCCCCC=CC=NNc1ccc([N+](=O)[O-])cc1[N+](=O)[O-]. The zero-order valence-corrected chi connectivity index (χ0v) is 13.0. The number of nitro groups is 2. The Morgan fingerprint density at radius 1 is 1.17 bits per heavy atom. The zero-order chi connectivity index (χ0) is 17.1. The monoisotopic (exact) mass is 320 g/mol. The lowest BCUT2D eigenvalue weighted by Gasteiger charge is -2.01. The summed E-state index contributed by atoms with van der Waals surface area (Å²) in [6.07, 6.45) is 10.9. The van der Waals surface area contributed by atoms with Crippen molar-refractivity contribution in [1.29, 1.82) is 0 Å². The number of anilines is 1. The maximum atomic E-state index is 10.9. The Morgan fingerprint density at radius 2 is 1.96 bits per heavy atom. The zero-order valence-electron chi connectivity index (χ0n) is 13.0. The minimum atomic E-state index is -0.686. The molecule has 1 aromatic rings. The van der Waals surface area contributed by atoms with Gasteiger partial charge in [-0.25, -0.2) is 0 Å². The third-order valence-electron chi connectivity index (χ3n) is 3.09. The molecule has 1 N–H and O–H groups in total. The smallest absolute Gasteiger partial charge is 0.272 e. The van der Waals surface area contributed by atoms with Crippen molar-refractivity contribution in [2.45, 2.75) is 39.0 Å². The fraction of sp³-hybridized carbons (Fsp3) is 0.400. The Bertz CT molecular complexity index is 599. The van der Waals surface area contributed by atoms with Crippen LogP contribution in [-0.4, -0.2) is 16.1 Å². The highest BCUT2D eigenvalue weighted by Gasteiger charge is 2.18. The third-order valence-corrected chi connectivity index (χ3v) is 3.09. The van der Waals surface area contributed by atoms with Crippen LogP contribution in [0.1, 0.15) is 39.0 Å². The summed E-state index contributed by atoms with van der Waals surface area (Å²) in [6, 6.07) is 3.36. The summed E-state index contributed by atoms with van der Waals surface area (Å²) in [5.41, 5.74) is 1.91. The lowest BCUT2D eigenvalue weighted by Crippen LogP contribution is -1.98. The van der Waals surface area contributed by atoms with Gasteiger partial charge in [0.05, 0.1) is 15.9 Å². The van der Waals surface area contributed by atoms with Crippen LogP contribution < -0.4 is 5.43 Å². The van der Waals surface area contributed by atoms with Crippen LogP contribution in [0.3, 0.4) is 0 Å². The van der Waals surface area contributed by atoms with E-state index in [1.807, 2.05) is 6.08 Å². The Hall–Kier alpha value is -2.77. The molecular weight excluding hydrogens is 300 g/mol. The summed E-state index contributed by atoms with van der Waals surface area (Å²) in [7, 11) is 0. The molecule has 0 heterocycles. The van der Waals surface area contributed by atoms with Gasteiger partial charge >= 0.3 is 5.69 Å². The number of allylic oxidation sites excluding steroid dienone is 2. The molecule has 0 amide bonds. The molecule has 1 aromatic carbocycles. The molecule has 23 heavy (non-hydrogen) atoms. The highest BCUT2D eigenvalue weighted by Crippen LogP contribution is 2.28. The van der Waals surface area contributed by atoms with Gasteiger partial charge in [0.1, 0.15) is 5.69 Å². The maximum Gasteiger partial charge on any atom is 0.301 e. The summed E-state index contributed by atoms with van der Waals surface area (Å²) in [4.78, 5) is 20.2. The molecule has 0 unspecified atom stereocenters. The van der Waals surface area contributed by atoms with Gasteiger partial charge in [0.2, 0.25) is 0 Å². The first-order chi connectivity index (χ1) is 11.1. The normalized spacial score (nSPS) is 11.2. The molecule has 0 aliphatic carbocycles. The first-order valence-corrected chi connectivity index (χ1v) is 7.43. The van der Waals surface area contributed by atoms with Gasteiger partial charge in [-0.3, -0.25) is 25.7 Å². The molecule has 8 nitrogen and oxygen atoms in total. The standard InChI is InChI=1S/C15H20N4O4/c1-2-3-4-5-6-7-8-11-16-17-14-10-9-13(18(20)21)12-15(14)19(22)23/h7-12,17H,2-6H2,1H3. The van der Waals surface area contributed by atoms with Gasteiger partial charge in [0.15, 0.2) is 0 Å².